The van der Waals surface area contributed by atoms with E-state index in [1.54, 1.807) is 38.1 Å². The van der Waals surface area contributed by atoms with Crippen molar-refractivity contribution in [3.8, 4) is 10.6 Å². The molecule has 3 nitrogen and oxygen atoms in total. The molecule has 3 aromatic rings. The van der Waals surface area contributed by atoms with E-state index in [2.05, 4.69) is 10.3 Å². The predicted octanol–water partition coefficient (Wildman–Crippen LogP) is 5.66. The molecule has 0 aliphatic heterocycles. The number of amides is 1. The molecule has 0 saturated heterocycles. The maximum atomic E-state index is 13.9. The van der Waals surface area contributed by atoms with Crippen molar-refractivity contribution < 1.29 is 13.6 Å². The number of hydrogen-bond acceptors (Lipinski definition) is 4. The van der Waals surface area contributed by atoms with Gasteiger partial charge < -0.3 is 5.32 Å². The highest BCUT2D eigenvalue weighted by Gasteiger charge is 2.16. The fourth-order valence-corrected chi connectivity index (χ4v) is 4.05. The number of thiazole rings is 1. The molecule has 0 aliphatic carbocycles. The number of carbonyl (C=O) groups is 1. The Morgan fingerprint density at radius 2 is 1.96 bits per heavy atom. The number of anilines is 1. The average Bonchev–Trinajstić information content (AvgIpc) is 3.11. The number of rotatable bonds is 6. The monoisotopic (exact) mass is 404 g/mol. The Morgan fingerprint density at radius 3 is 2.67 bits per heavy atom. The van der Waals surface area contributed by atoms with Crippen molar-refractivity contribution in [1.29, 1.82) is 0 Å². The summed E-state index contributed by atoms with van der Waals surface area (Å²) in [6, 6.07) is 10.9. The number of aryl methyl sites for hydroxylation is 1. The van der Waals surface area contributed by atoms with E-state index in [0.29, 0.717) is 5.75 Å². The fraction of sp³-hybridized carbons (Fsp3) is 0.200. The molecular weight excluding hydrogens is 386 g/mol. The minimum Gasteiger partial charge on any atom is -0.323 e. The lowest BCUT2D eigenvalue weighted by Crippen LogP contribution is -2.23. The number of nitrogens with zero attached hydrogens (tertiary/aromatic N) is 1. The van der Waals surface area contributed by atoms with E-state index in [9.17, 15) is 13.6 Å². The van der Waals surface area contributed by atoms with E-state index in [1.165, 1.54) is 41.3 Å². The van der Waals surface area contributed by atoms with Crippen LogP contribution >= 0.6 is 23.1 Å². The second-order valence-corrected chi connectivity index (χ2v) is 8.26. The van der Waals surface area contributed by atoms with Crippen molar-refractivity contribution in [3.63, 3.8) is 0 Å². The Hall–Kier alpha value is -2.25. The van der Waals surface area contributed by atoms with Gasteiger partial charge in [0.2, 0.25) is 5.91 Å². The van der Waals surface area contributed by atoms with Gasteiger partial charge in [-0.2, -0.15) is 0 Å². The van der Waals surface area contributed by atoms with Crippen LogP contribution in [0, 0.1) is 18.6 Å². The van der Waals surface area contributed by atoms with Crippen molar-refractivity contribution >= 4 is 34.7 Å². The summed E-state index contributed by atoms with van der Waals surface area (Å²) in [7, 11) is 0. The van der Waals surface area contributed by atoms with Crippen molar-refractivity contribution in [2.24, 2.45) is 0 Å². The van der Waals surface area contributed by atoms with Crippen molar-refractivity contribution in [2.45, 2.75) is 24.9 Å². The smallest absolute Gasteiger partial charge is 0.237 e. The van der Waals surface area contributed by atoms with Gasteiger partial charge in [-0.05, 0) is 55.8 Å². The van der Waals surface area contributed by atoms with Crippen LogP contribution in [0.2, 0.25) is 0 Å². The first-order chi connectivity index (χ1) is 12.9. The molecule has 140 valence electrons. The Kier molecular flexibility index (Phi) is 6.23. The van der Waals surface area contributed by atoms with Gasteiger partial charge in [-0.3, -0.25) is 4.79 Å². The van der Waals surface area contributed by atoms with Crippen LogP contribution in [-0.2, 0) is 10.5 Å². The number of nitrogens with one attached hydrogen (secondary N) is 1. The third-order valence-electron chi connectivity index (χ3n) is 3.88. The summed E-state index contributed by atoms with van der Waals surface area (Å²) in [6.45, 7) is 3.57. The van der Waals surface area contributed by atoms with Crippen molar-refractivity contribution in [3.05, 3.63) is 70.7 Å². The first-order valence-electron chi connectivity index (χ1n) is 8.31. The van der Waals surface area contributed by atoms with Crippen LogP contribution < -0.4 is 5.32 Å². The molecule has 1 heterocycles. The van der Waals surface area contributed by atoms with Crippen LogP contribution in [0.15, 0.2) is 47.8 Å². The normalized spacial score (nSPS) is 12.0. The molecule has 0 radical (unpaired) electrons. The highest BCUT2D eigenvalue weighted by Crippen LogP contribution is 2.27. The lowest BCUT2D eigenvalue weighted by Gasteiger charge is -2.12. The maximum absolute atomic E-state index is 13.9. The summed E-state index contributed by atoms with van der Waals surface area (Å²) in [5.74, 6) is -0.417. The highest BCUT2D eigenvalue weighted by molar-refractivity contribution is 7.99. The minimum atomic E-state index is -0.441. The molecular formula is C20H18F2N2OS2. The molecule has 0 spiro atoms. The number of carbonyl (C=O) groups excluding carboxylic acids is 1. The van der Waals surface area contributed by atoms with Gasteiger partial charge in [0.1, 0.15) is 16.6 Å². The first-order valence-corrected chi connectivity index (χ1v) is 10.2. The first kappa shape index (κ1) is 19.5. The topological polar surface area (TPSA) is 42.0 Å². The zero-order valence-corrected chi connectivity index (χ0v) is 16.5. The van der Waals surface area contributed by atoms with Gasteiger partial charge in [-0.1, -0.05) is 6.07 Å². The third kappa shape index (κ3) is 5.14. The summed E-state index contributed by atoms with van der Waals surface area (Å²) >= 11 is 2.90. The van der Waals surface area contributed by atoms with E-state index < -0.39 is 5.82 Å². The van der Waals surface area contributed by atoms with Gasteiger partial charge in [0.25, 0.3) is 0 Å². The van der Waals surface area contributed by atoms with Gasteiger partial charge in [-0.15, -0.1) is 23.1 Å². The second kappa shape index (κ2) is 8.63. The molecule has 3 rings (SSSR count). The quantitative estimate of drug-likeness (QED) is 0.577. The molecule has 1 N–H and O–H groups in total. The van der Waals surface area contributed by atoms with Gasteiger partial charge in [0.15, 0.2) is 0 Å². The summed E-state index contributed by atoms with van der Waals surface area (Å²) in [4.78, 5) is 16.8. The molecule has 1 atom stereocenters. The Morgan fingerprint density at radius 1 is 1.22 bits per heavy atom. The SMILES string of the molecule is Cc1ccc(NC(=O)C(C)SCc2csc(-c3ccc(F)cc3)n2)c(F)c1. The molecule has 2 aromatic carbocycles. The van der Waals surface area contributed by atoms with Gasteiger partial charge in [0, 0.05) is 16.7 Å². The van der Waals surface area contributed by atoms with Crippen LogP contribution in [0.3, 0.4) is 0 Å². The van der Waals surface area contributed by atoms with E-state index in [4.69, 9.17) is 0 Å². The van der Waals surface area contributed by atoms with E-state index in [-0.39, 0.29) is 22.7 Å². The fourth-order valence-electron chi connectivity index (χ4n) is 2.34. The molecule has 0 saturated carbocycles. The number of hydrogen-bond donors (Lipinski definition) is 1. The number of halogens is 2. The van der Waals surface area contributed by atoms with E-state index in [1.807, 2.05) is 5.38 Å². The summed E-state index contributed by atoms with van der Waals surface area (Å²) in [6.07, 6.45) is 0. The molecule has 0 bridgehead atoms. The average molecular weight is 405 g/mol. The van der Waals surface area contributed by atoms with E-state index >= 15 is 0 Å². The lowest BCUT2D eigenvalue weighted by molar-refractivity contribution is -0.115. The third-order valence-corrected chi connectivity index (χ3v) is 5.99. The van der Waals surface area contributed by atoms with Crippen LogP contribution in [0.25, 0.3) is 10.6 Å². The second-order valence-electron chi connectivity index (χ2n) is 6.08. The Labute approximate surface area is 164 Å². The standard InChI is InChI=1S/C20H18F2N2OS2/c1-12-3-8-18(17(22)9-12)24-19(25)13(2)26-10-16-11-27-20(23-16)14-4-6-15(21)7-5-14/h3-9,11,13H,10H2,1-2H3,(H,24,25). The van der Waals surface area contributed by atoms with Gasteiger partial charge in [0.05, 0.1) is 16.6 Å². The van der Waals surface area contributed by atoms with Gasteiger partial charge >= 0.3 is 0 Å². The van der Waals surface area contributed by atoms with E-state index in [0.717, 1.165) is 21.8 Å². The molecule has 1 aromatic heterocycles. The molecule has 27 heavy (non-hydrogen) atoms. The maximum Gasteiger partial charge on any atom is 0.237 e. The molecule has 0 fully saturated rings. The summed E-state index contributed by atoms with van der Waals surface area (Å²) in [5, 5.41) is 5.00. The summed E-state index contributed by atoms with van der Waals surface area (Å²) < 4.78 is 26.9. The predicted molar refractivity (Wildman–Crippen MR) is 108 cm³/mol. The summed E-state index contributed by atoms with van der Waals surface area (Å²) in [5.41, 5.74) is 2.70. The lowest BCUT2D eigenvalue weighted by atomic mass is 10.2. The minimum absolute atomic E-state index is 0.185. The number of benzene rings is 2. The van der Waals surface area contributed by atoms with Crippen LogP contribution in [0.5, 0.6) is 0 Å². The molecule has 7 heteroatoms. The Bertz CT molecular complexity index is 941. The van der Waals surface area contributed by atoms with Crippen LogP contribution in [0.1, 0.15) is 18.2 Å². The number of thioether (sulfide) groups is 1. The zero-order valence-electron chi connectivity index (χ0n) is 14.8. The molecule has 0 aliphatic rings. The zero-order chi connectivity index (χ0) is 19.4. The molecule has 1 unspecified atom stereocenters. The van der Waals surface area contributed by atoms with Crippen molar-refractivity contribution in [2.75, 3.05) is 5.32 Å². The van der Waals surface area contributed by atoms with Crippen LogP contribution in [-0.4, -0.2) is 16.1 Å². The molecule has 1 amide bonds. The van der Waals surface area contributed by atoms with Gasteiger partial charge in [-0.25, -0.2) is 13.8 Å². The highest BCUT2D eigenvalue weighted by atomic mass is 32.2. The number of aromatic nitrogens is 1. The van der Waals surface area contributed by atoms with Crippen LogP contribution in [0.4, 0.5) is 14.5 Å². The largest absolute Gasteiger partial charge is 0.323 e. The Balaban J connectivity index is 1.56. The van der Waals surface area contributed by atoms with Crippen molar-refractivity contribution in [1.82, 2.24) is 4.98 Å².